The highest BCUT2D eigenvalue weighted by Crippen LogP contribution is 2.41. The average molecular weight is 255 g/mol. The minimum absolute atomic E-state index is 0.155. The maximum atomic E-state index is 12.8. The largest absolute Gasteiger partial charge is 0.394 e. The van der Waals surface area contributed by atoms with Gasteiger partial charge in [-0.15, -0.1) is 11.8 Å². The van der Waals surface area contributed by atoms with Gasteiger partial charge in [0.15, 0.2) is 0 Å². The smallest absolute Gasteiger partial charge is 0.123 e. The van der Waals surface area contributed by atoms with E-state index in [9.17, 15) is 9.50 Å². The molecule has 1 fully saturated rings. The molecule has 0 spiro atoms. The van der Waals surface area contributed by atoms with Gasteiger partial charge in [0.25, 0.3) is 0 Å². The summed E-state index contributed by atoms with van der Waals surface area (Å²) in [5, 5.41) is 12.8. The summed E-state index contributed by atoms with van der Waals surface area (Å²) in [5.74, 6) is 1.18. The van der Waals surface area contributed by atoms with Crippen molar-refractivity contribution in [2.45, 2.75) is 23.3 Å². The number of likely N-dealkylation sites (N-methyl/N-ethyl adjacent to an activating group) is 1. The molecule has 2 N–H and O–H groups in total. The zero-order valence-corrected chi connectivity index (χ0v) is 10.8. The van der Waals surface area contributed by atoms with Crippen molar-refractivity contribution < 1.29 is 9.50 Å². The van der Waals surface area contributed by atoms with Gasteiger partial charge in [-0.05, 0) is 50.1 Å². The first-order valence-electron chi connectivity index (χ1n) is 5.88. The van der Waals surface area contributed by atoms with Crippen molar-refractivity contribution in [2.75, 3.05) is 19.4 Å². The van der Waals surface area contributed by atoms with Crippen molar-refractivity contribution in [2.24, 2.45) is 5.92 Å². The Balaban J connectivity index is 1.97. The van der Waals surface area contributed by atoms with E-state index in [1.54, 1.807) is 23.9 Å². The van der Waals surface area contributed by atoms with Crippen molar-refractivity contribution in [3.8, 4) is 0 Å². The van der Waals surface area contributed by atoms with Crippen LogP contribution >= 0.6 is 11.8 Å². The third-order valence-corrected chi connectivity index (χ3v) is 4.71. The summed E-state index contributed by atoms with van der Waals surface area (Å²) in [5.41, 5.74) is -0.181. The minimum Gasteiger partial charge on any atom is -0.394 e. The van der Waals surface area contributed by atoms with E-state index in [-0.39, 0.29) is 18.0 Å². The predicted octanol–water partition coefficient (Wildman–Crippen LogP) is 2.28. The molecular formula is C13H18FNOS. The maximum Gasteiger partial charge on any atom is 0.123 e. The summed E-state index contributed by atoms with van der Waals surface area (Å²) < 4.78 is 12.8. The van der Waals surface area contributed by atoms with Crippen LogP contribution < -0.4 is 5.32 Å². The highest BCUT2D eigenvalue weighted by Gasteiger charge is 2.43. The van der Waals surface area contributed by atoms with Crippen LogP contribution in [0.4, 0.5) is 4.39 Å². The molecule has 0 aliphatic heterocycles. The van der Waals surface area contributed by atoms with E-state index < -0.39 is 0 Å². The van der Waals surface area contributed by atoms with Gasteiger partial charge < -0.3 is 10.4 Å². The maximum absolute atomic E-state index is 12.8. The lowest BCUT2D eigenvalue weighted by atomic mass is 9.97. The third-order valence-electron chi connectivity index (χ3n) is 3.45. The van der Waals surface area contributed by atoms with Gasteiger partial charge in [0.2, 0.25) is 0 Å². The highest BCUT2D eigenvalue weighted by molar-refractivity contribution is 7.99. The molecule has 2 rings (SSSR count). The van der Waals surface area contributed by atoms with Crippen molar-refractivity contribution in [1.29, 1.82) is 0 Å². The number of thioether (sulfide) groups is 1. The molecule has 4 heteroatoms. The van der Waals surface area contributed by atoms with Gasteiger partial charge in [0.1, 0.15) is 5.82 Å². The van der Waals surface area contributed by atoms with E-state index in [1.807, 2.05) is 7.05 Å². The number of hydrogen-bond acceptors (Lipinski definition) is 3. The molecular weight excluding hydrogens is 237 g/mol. The quantitative estimate of drug-likeness (QED) is 0.765. The third kappa shape index (κ3) is 3.00. The second-order valence-electron chi connectivity index (χ2n) is 4.58. The van der Waals surface area contributed by atoms with Gasteiger partial charge in [-0.25, -0.2) is 4.39 Å². The molecule has 0 radical (unpaired) electrons. The highest BCUT2D eigenvalue weighted by atomic mass is 32.2. The molecule has 1 aliphatic rings. The van der Waals surface area contributed by atoms with Crippen molar-refractivity contribution in [3.63, 3.8) is 0 Å². The zero-order valence-electron chi connectivity index (χ0n) is 9.95. The van der Waals surface area contributed by atoms with Crippen LogP contribution in [0.5, 0.6) is 0 Å². The van der Waals surface area contributed by atoms with Crippen LogP contribution in [-0.4, -0.2) is 30.1 Å². The number of nitrogens with one attached hydrogen (secondary N) is 1. The fraction of sp³-hybridized carbons (Fsp3) is 0.538. The van der Waals surface area contributed by atoms with Crippen molar-refractivity contribution >= 4 is 11.8 Å². The summed E-state index contributed by atoms with van der Waals surface area (Å²) in [6, 6.07) is 6.51. The van der Waals surface area contributed by atoms with Crippen LogP contribution in [0.3, 0.4) is 0 Å². The molecule has 94 valence electrons. The van der Waals surface area contributed by atoms with Crippen molar-refractivity contribution in [1.82, 2.24) is 5.32 Å². The van der Waals surface area contributed by atoms with Gasteiger partial charge in [-0.1, -0.05) is 0 Å². The molecule has 17 heavy (non-hydrogen) atoms. The molecule has 1 saturated carbocycles. The van der Waals surface area contributed by atoms with E-state index in [2.05, 4.69) is 5.32 Å². The Bertz CT molecular complexity index is 360. The molecule has 1 atom stereocenters. The van der Waals surface area contributed by atoms with Gasteiger partial charge >= 0.3 is 0 Å². The Kier molecular flexibility index (Phi) is 4.07. The van der Waals surface area contributed by atoms with Crippen LogP contribution in [0.15, 0.2) is 29.2 Å². The Morgan fingerprint density at radius 3 is 2.53 bits per heavy atom. The lowest BCUT2D eigenvalue weighted by Gasteiger charge is -2.31. The van der Waals surface area contributed by atoms with Gasteiger partial charge in [0, 0.05) is 10.6 Å². The minimum atomic E-state index is -0.210. The van der Waals surface area contributed by atoms with E-state index in [0.29, 0.717) is 5.92 Å². The Hall–Kier alpha value is -0.580. The molecule has 0 amide bonds. The number of aliphatic hydroxyl groups is 1. The Morgan fingerprint density at radius 2 is 2.06 bits per heavy atom. The van der Waals surface area contributed by atoms with E-state index in [1.165, 1.54) is 25.0 Å². The second kappa shape index (κ2) is 5.38. The first-order valence-corrected chi connectivity index (χ1v) is 6.87. The van der Waals surface area contributed by atoms with E-state index in [0.717, 1.165) is 10.6 Å². The molecule has 1 aliphatic carbocycles. The van der Waals surface area contributed by atoms with Gasteiger partial charge in [-0.2, -0.15) is 0 Å². The van der Waals surface area contributed by atoms with Gasteiger partial charge in [0.05, 0.1) is 12.1 Å². The number of aliphatic hydroxyl groups excluding tert-OH is 1. The fourth-order valence-electron chi connectivity index (χ4n) is 2.03. The normalized spacial score (nSPS) is 19.0. The summed E-state index contributed by atoms with van der Waals surface area (Å²) in [6.45, 7) is 0.155. The topological polar surface area (TPSA) is 32.3 Å². The van der Waals surface area contributed by atoms with Crippen LogP contribution in [0.25, 0.3) is 0 Å². The van der Waals surface area contributed by atoms with E-state index >= 15 is 0 Å². The number of rotatable bonds is 6. The monoisotopic (exact) mass is 255 g/mol. The van der Waals surface area contributed by atoms with Crippen LogP contribution in [0.2, 0.25) is 0 Å². The predicted molar refractivity (Wildman–Crippen MR) is 68.7 cm³/mol. The number of halogens is 1. The first-order chi connectivity index (χ1) is 8.20. The Labute approximate surface area is 106 Å². The standard InChI is InChI=1S/C13H18FNOS/c1-15-13(8-16,10-2-3-10)9-17-12-6-4-11(14)5-7-12/h4-7,10,15-16H,2-3,8-9H2,1H3. The summed E-state index contributed by atoms with van der Waals surface area (Å²) in [7, 11) is 1.90. The zero-order chi connectivity index (χ0) is 12.3. The summed E-state index contributed by atoms with van der Waals surface area (Å²) in [6.07, 6.45) is 2.37. The molecule has 1 aromatic carbocycles. The summed E-state index contributed by atoms with van der Waals surface area (Å²) >= 11 is 1.66. The Morgan fingerprint density at radius 1 is 1.41 bits per heavy atom. The summed E-state index contributed by atoms with van der Waals surface area (Å²) in [4.78, 5) is 1.04. The van der Waals surface area contributed by atoms with Crippen LogP contribution in [0.1, 0.15) is 12.8 Å². The van der Waals surface area contributed by atoms with Crippen molar-refractivity contribution in [3.05, 3.63) is 30.1 Å². The fourth-order valence-corrected chi connectivity index (χ4v) is 3.25. The second-order valence-corrected chi connectivity index (χ2v) is 5.63. The van der Waals surface area contributed by atoms with Gasteiger partial charge in [-0.3, -0.25) is 0 Å². The number of benzene rings is 1. The molecule has 0 heterocycles. The molecule has 0 bridgehead atoms. The molecule has 1 aromatic rings. The number of hydrogen-bond donors (Lipinski definition) is 2. The SMILES string of the molecule is CNC(CO)(CSc1ccc(F)cc1)C1CC1. The molecule has 2 nitrogen and oxygen atoms in total. The first kappa shape index (κ1) is 12.9. The van der Waals surface area contributed by atoms with Crippen LogP contribution in [0, 0.1) is 11.7 Å². The lowest BCUT2D eigenvalue weighted by molar-refractivity contribution is 0.167. The lowest BCUT2D eigenvalue weighted by Crippen LogP contribution is -2.51. The average Bonchev–Trinajstić information content (AvgIpc) is 3.18. The molecule has 1 unspecified atom stereocenters. The van der Waals surface area contributed by atoms with E-state index in [4.69, 9.17) is 0 Å². The molecule has 0 aromatic heterocycles. The molecule has 0 saturated heterocycles. The van der Waals surface area contributed by atoms with Crippen LogP contribution in [-0.2, 0) is 0 Å².